The summed E-state index contributed by atoms with van der Waals surface area (Å²) in [7, 11) is 0. The van der Waals surface area contributed by atoms with Crippen molar-refractivity contribution in [2.75, 3.05) is 0 Å². The van der Waals surface area contributed by atoms with Crippen LogP contribution in [-0.4, -0.2) is 18.1 Å². The average Bonchev–Trinajstić information content (AvgIpc) is 2.63. The van der Waals surface area contributed by atoms with Crippen molar-refractivity contribution < 1.29 is 14.4 Å². The summed E-state index contributed by atoms with van der Waals surface area (Å²) in [6.07, 6.45) is 0.990. The molecular weight excluding hydrogens is 230 g/mol. The predicted molar refractivity (Wildman–Crippen MR) is 66.1 cm³/mol. The number of carbonyl (C=O) groups excluding carboxylic acids is 3. The molecule has 4 heteroatoms. The Morgan fingerprint density at radius 1 is 1.28 bits per heavy atom. The van der Waals surface area contributed by atoms with Gasteiger partial charge in [-0.25, -0.2) is 0 Å². The predicted octanol–water partition coefficient (Wildman–Crippen LogP) is 1.66. The lowest BCUT2D eigenvalue weighted by molar-refractivity contribution is -0.128. The van der Waals surface area contributed by atoms with Crippen LogP contribution < -0.4 is 5.32 Å². The Morgan fingerprint density at radius 3 is 2.33 bits per heavy atom. The highest BCUT2D eigenvalue weighted by molar-refractivity contribution is 6.06. The number of amides is 2. The quantitative estimate of drug-likeness (QED) is 0.650. The molecule has 1 aromatic carbocycles. The van der Waals surface area contributed by atoms with E-state index in [1.54, 1.807) is 19.1 Å². The van der Waals surface area contributed by atoms with E-state index in [9.17, 15) is 14.4 Å². The van der Waals surface area contributed by atoms with Gasteiger partial charge in [0.25, 0.3) is 0 Å². The summed E-state index contributed by atoms with van der Waals surface area (Å²) in [5.41, 5.74) is 0.843. The van der Waals surface area contributed by atoms with Crippen molar-refractivity contribution in [2.24, 2.45) is 5.41 Å². The lowest BCUT2D eigenvalue weighted by Gasteiger charge is -2.28. The van der Waals surface area contributed by atoms with Crippen LogP contribution in [0.4, 0.5) is 0 Å². The fourth-order valence-corrected chi connectivity index (χ4v) is 2.31. The van der Waals surface area contributed by atoms with E-state index in [4.69, 9.17) is 0 Å². The van der Waals surface area contributed by atoms with Crippen molar-refractivity contribution in [1.82, 2.24) is 5.32 Å². The Kier molecular flexibility index (Phi) is 3.03. The number of nitrogens with one attached hydrogen (secondary N) is 1. The van der Waals surface area contributed by atoms with Crippen LogP contribution in [0.3, 0.4) is 0 Å². The third-order valence-corrected chi connectivity index (χ3v) is 3.83. The van der Waals surface area contributed by atoms with Gasteiger partial charge in [0, 0.05) is 12.0 Å². The van der Waals surface area contributed by atoms with E-state index in [1.807, 2.05) is 19.1 Å². The Morgan fingerprint density at radius 2 is 1.89 bits per heavy atom. The van der Waals surface area contributed by atoms with E-state index >= 15 is 0 Å². The van der Waals surface area contributed by atoms with Crippen LogP contribution in [0.5, 0.6) is 0 Å². The number of hydrogen-bond donors (Lipinski definition) is 1. The first-order valence-corrected chi connectivity index (χ1v) is 5.87. The van der Waals surface area contributed by atoms with E-state index in [2.05, 4.69) is 5.32 Å². The van der Waals surface area contributed by atoms with Crippen molar-refractivity contribution >= 4 is 18.1 Å². The zero-order valence-electron chi connectivity index (χ0n) is 10.4. The SMILES string of the molecule is CC(c1ccc(C=O)cc1)[C@]1(C)CC(=O)NC1=O. The van der Waals surface area contributed by atoms with Gasteiger partial charge >= 0.3 is 0 Å². The lowest BCUT2D eigenvalue weighted by Crippen LogP contribution is -2.33. The van der Waals surface area contributed by atoms with Gasteiger partial charge in [0.1, 0.15) is 6.29 Å². The summed E-state index contributed by atoms with van der Waals surface area (Å²) >= 11 is 0. The molecular formula is C14H15NO3. The number of hydrogen-bond acceptors (Lipinski definition) is 3. The maximum absolute atomic E-state index is 11.9. The highest BCUT2D eigenvalue weighted by Gasteiger charge is 2.46. The molecule has 4 nitrogen and oxygen atoms in total. The largest absolute Gasteiger partial charge is 0.298 e. The minimum absolute atomic E-state index is 0.0790. The molecule has 2 rings (SSSR count). The second-order valence-corrected chi connectivity index (χ2v) is 4.98. The minimum atomic E-state index is -0.709. The number of aldehydes is 1. The number of rotatable bonds is 3. The highest BCUT2D eigenvalue weighted by atomic mass is 16.2. The number of imide groups is 1. The summed E-state index contributed by atoms with van der Waals surface area (Å²) in [6.45, 7) is 3.72. The maximum Gasteiger partial charge on any atom is 0.233 e. The average molecular weight is 245 g/mol. The van der Waals surface area contributed by atoms with Gasteiger partial charge in [-0.05, 0) is 18.4 Å². The molecule has 2 atom stereocenters. The van der Waals surface area contributed by atoms with E-state index < -0.39 is 5.41 Å². The molecule has 0 saturated carbocycles. The topological polar surface area (TPSA) is 63.2 Å². The second-order valence-electron chi connectivity index (χ2n) is 4.98. The molecule has 0 radical (unpaired) electrons. The first-order valence-electron chi connectivity index (χ1n) is 5.87. The standard InChI is InChI=1S/C14H15NO3/c1-9(11-5-3-10(8-16)4-6-11)14(2)7-12(17)15-13(14)18/h3-6,8-9H,7H2,1-2H3,(H,15,17,18)/t9?,14-/m0/s1. The molecule has 1 saturated heterocycles. The Bertz CT molecular complexity index is 506. The lowest BCUT2D eigenvalue weighted by atomic mass is 9.73. The van der Waals surface area contributed by atoms with Gasteiger partial charge in [0.05, 0.1) is 5.41 Å². The van der Waals surface area contributed by atoms with Crippen LogP contribution in [0.1, 0.15) is 42.1 Å². The summed E-state index contributed by atoms with van der Waals surface area (Å²) in [6, 6.07) is 7.10. The van der Waals surface area contributed by atoms with Crippen molar-refractivity contribution in [3.8, 4) is 0 Å². The maximum atomic E-state index is 11.9. The second kappa shape index (κ2) is 4.37. The number of benzene rings is 1. The molecule has 0 aromatic heterocycles. The van der Waals surface area contributed by atoms with Crippen molar-refractivity contribution in [3.63, 3.8) is 0 Å². The molecule has 1 unspecified atom stereocenters. The molecule has 1 fully saturated rings. The zero-order chi connectivity index (χ0) is 13.3. The molecule has 1 N–H and O–H groups in total. The van der Waals surface area contributed by atoms with Gasteiger partial charge in [-0.15, -0.1) is 0 Å². The fourth-order valence-electron chi connectivity index (χ4n) is 2.31. The molecule has 2 amide bonds. The van der Waals surface area contributed by atoms with Crippen molar-refractivity contribution in [3.05, 3.63) is 35.4 Å². The molecule has 18 heavy (non-hydrogen) atoms. The van der Waals surface area contributed by atoms with Gasteiger partial charge in [0.2, 0.25) is 11.8 Å². The summed E-state index contributed by atoms with van der Waals surface area (Å²) in [4.78, 5) is 33.8. The molecule has 0 aliphatic carbocycles. The molecule has 1 aliphatic heterocycles. The first-order chi connectivity index (χ1) is 8.47. The monoisotopic (exact) mass is 245 g/mol. The third-order valence-electron chi connectivity index (χ3n) is 3.83. The van der Waals surface area contributed by atoms with Gasteiger partial charge in [-0.3, -0.25) is 19.7 Å². The summed E-state index contributed by atoms with van der Waals surface area (Å²) in [5, 5.41) is 2.35. The van der Waals surface area contributed by atoms with Gasteiger partial charge in [-0.1, -0.05) is 31.2 Å². The molecule has 94 valence electrons. The van der Waals surface area contributed by atoms with Gasteiger partial charge in [-0.2, -0.15) is 0 Å². The van der Waals surface area contributed by atoms with Gasteiger partial charge < -0.3 is 0 Å². The van der Waals surface area contributed by atoms with Crippen LogP contribution in [0, 0.1) is 5.41 Å². The van der Waals surface area contributed by atoms with Crippen LogP contribution in [0.2, 0.25) is 0 Å². The third kappa shape index (κ3) is 1.94. The zero-order valence-corrected chi connectivity index (χ0v) is 10.4. The highest BCUT2D eigenvalue weighted by Crippen LogP contribution is 2.41. The molecule has 0 spiro atoms. The summed E-state index contributed by atoms with van der Waals surface area (Å²) in [5.74, 6) is -0.525. The normalized spacial score (nSPS) is 24.8. The molecule has 1 heterocycles. The first kappa shape index (κ1) is 12.5. The van der Waals surface area contributed by atoms with E-state index in [0.29, 0.717) is 5.56 Å². The Labute approximate surface area is 105 Å². The van der Waals surface area contributed by atoms with E-state index in [0.717, 1.165) is 11.8 Å². The van der Waals surface area contributed by atoms with Crippen LogP contribution in [-0.2, 0) is 9.59 Å². The van der Waals surface area contributed by atoms with E-state index in [1.165, 1.54) is 0 Å². The Hall–Kier alpha value is -1.97. The molecule has 1 aliphatic rings. The van der Waals surface area contributed by atoms with Crippen LogP contribution in [0.15, 0.2) is 24.3 Å². The minimum Gasteiger partial charge on any atom is -0.298 e. The molecule has 1 aromatic rings. The van der Waals surface area contributed by atoms with Crippen LogP contribution >= 0.6 is 0 Å². The van der Waals surface area contributed by atoms with Crippen molar-refractivity contribution in [1.29, 1.82) is 0 Å². The Balaban J connectivity index is 2.30. The van der Waals surface area contributed by atoms with Gasteiger partial charge in [0.15, 0.2) is 0 Å². The molecule has 0 bridgehead atoms. The number of carbonyl (C=O) groups is 3. The summed E-state index contributed by atoms with van der Waals surface area (Å²) < 4.78 is 0. The van der Waals surface area contributed by atoms with E-state index in [-0.39, 0.29) is 24.2 Å². The van der Waals surface area contributed by atoms with Crippen LogP contribution in [0.25, 0.3) is 0 Å². The fraction of sp³-hybridized carbons (Fsp3) is 0.357. The van der Waals surface area contributed by atoms with Crippen molar-refractivity contribution in [2.45, 2.75) is 26.2 Å². The smallest absolute Gasteiger partial charge is 0.233 e.